The fourth-order valence-corrected chi connectivity index (χ4v) is 6.54. The summed E-state index contributed by atoms with van der Waals surface area (Å²) in [6.07, 6.45) is 13.3. The molecule has 0 bridgehead atoms. The average molecular weight is 501 g/mol. The van der Waals surface area contributed by atoms with E-state index in [9.17, 15) is 9.18 Å². The molecule has 6 nitrogen and oxygen atoms in total. The predicted octanol–water partition coefficient (Wildman–Crippen LogP) is 5.88. The van der Waals surface area contributed by atoms with Crippen molar-refractivity contribution in [1.29, 1.82) is 0 Å². The molecule has 0 spiro atoms. The molecule has 4 heterocycles. The molecule has 2 fully saturated rings. The summed E-state index contributed by atoms with van der Waals surface area (Å²) in [4.78, 5) is 27.0. The van der Waals surface area contributed by atoms with Crippen molar-refractivity contribution >= 4 is 28.2 Å². The topological polar surface area (TPSA) is 71.1 Å². The van der Waals surface area contributed by atoms with Gasteiger partial charge in [0.15, 0.2) is 5.65 Å². The van der Waals surface area contributed by atoms with Gasteiger partial charge < -0.3 is 14.5 Å². The van der Waals surface area contributed by atoms with Crippen LogP contribution in [-0.4, -0.2) is 51.9 Å². The van der Waals surface area contributed by atoms with Crippen LogP contribution < -0.4 is 4.74 Å². The summed E-state index contributed by atoms with van der Waals surface area (Å²) in [6, 6.07) is 10.4. The number of likely N-dealkylation sites (tertiary alicyclic amines) is 1. The van der Waals surface area contributed by atoms with Gasteiger partial charge in [0.1, 0.15) is 17.9 Å². The first kappa shape index (κ1) is 24.0. The molecule has 3 aromatic heterocycles. The molecule has 0 radical (unpaired) electrons. The van der Waals surface area contributed by atoms with E-state index in [0.29, 0.717) is 30.1 Å². The Morgan fingerprint density at radius 3 is 2.73 bits per heavy atom. The lowest BCUT2D eigenvalue weighted by Gasteiger charge is -2.41. The summed E-state index contributed by atoms with van der Waals surface area (Å²) >= 11 is 0. The third kappa shape index (κ3) is 4.97. The zero-order valence-electron chi connectivity index (χ0n) is 21.0. The summed E-state index contributed by atoms with van der Waals surface area (Å²) in [7, 11) is 0. The second kappa shape index (κ2) is 10.6. The van der Waals surface area contributed by atoms with Gasteiger partial charge in [-0.05, 0) is 98.9 Å². The number of rotatable bonds is 7. The molecule has 37 heavy (non-hydrogen) atoms. The number of H-pyrrole nitrogens is 1. The molecular formula is C30H33FN4O2. The minimum atomic E-state index is -0.258. The van der Waals surface area contributed by atoms with Crippen molar-refractivity contribution in [3.05, 3.63) is 66.4 Å². The highest BCUT2D eigenvalue weighted by molar-refractivity contribution is 6.05. The number of piperidine rings is 1. The molecule has 1 aromatic carbocycles. The van der Waals surface area contributed by atoms with E-state index < -0.39 is 0 Å². The Bertz CT molecular complexity index is 1360. The van der Waals surface area contributed by atoms with Gasteiger partial charge in [0.05, 0.1) is 24.4 Å². The van der Waals surface area contributed by atoms with Crippen molar-refractivity contribution in [3.63, 3.8) is 0 Å². The average Bonchev–Trinajstić information content (AvgIpc) is 3.43. The van der Waals surface area contributed by atoms with E-state index in [0.717, 1.165) is 68.2 Å². The molecule has 1 aliphatic carbocycles. The Kier molecular flexibility index (Phi) is 6.87. The number of halogens is 1. The number of hydrogen-bond acceptors (Lipinski definition) is 5. The molecule has 1 saturated heterocycles. The molecule has 6 rings (SSSR count). The Morgan fingerprint density at radius 1 is 1.08 bits per heavy atom. The van der Waals surface area contributed by atoms with E-state index in [1.165, 1.54) is 29.4 Å². The first-order valence-corrected chi connectivity index (χ1v) is 13.5. The van der Waals surface area contributed by atoms with Crippen LogP contribution in [0.15, 0.2) is 55.0 Å². The van der Waals surface area contributed by atoms with Gasteiger partial charge >= 0.3 is 0 Å². The van der Waals surface area contributed by atoms with E-state index in [4.69, 9.17) is 4.74 Å². The molecular weight excluding hydrogens is 467 g/mol. The number of aldehydes is 1. The van der Waals surface area contributed by atoms with E-state index >= 15 is 0 Å². The molecule has 2 unspecified atom stereocenters. The number of aromatic nitrogens is 3. The summed E-state index contributed by atoms with van der Waals surface area (Å²) < 4.78 is 19.1. The zero-order valence-corrected chi connectivity index (χ0v) is 21.0. The lowest BCUT2D eigenvalue weighted by atomic mass is 9.75. The van der Waals surface area contributed by atoms with Crippen molar-refractivity contribution in [2.75, 3.05) is 19.7 Å². The second-order valence-corrected chi connectivity index (χ2v) is 10.7. The second-order valence-electron chi connectivity index (χ2n) is 10.7. The number of carbonyl (C=O) groups is 1. The first-order chi connectivity index (χ1) is 18.2. The Hall–Kier alpha value is -3.32. The number of hydrogen-bond donors (Lipinski definition) is 1. The van der Waals surface area contributed by atoms with E-state index in [1.807, 2.05) is 18.6 Å². The fraction of sp³-hybridized carbons (Fsp3) is 0.433. The Morgan fingerprint density at radius 2 is 1.92 bits per heavy atom. The van der Waals surface area contributed by atoms with Crippen molar-refractivity contribution < 1.29 is 13.9 Å². The molecule has 1 saturated carbocycles. The fourth-order valence-electron chi connectivity index (χ4n) is 6.54. The van der Waals surface area contributed by atoms with E-state index in [2.05, 4.69) is 32.0 Å². The SMILES string of the molecule is O=CC(C1CCC(c2cc[nH]c3cnc4nccc4c23)CC1)N1CCCC(COc2ccc(F)cc2)C1. The van der Waals surface area contributed by atoms with E-state index in [-0.39, 0.29) is 11.9 Å². The molecule has 2 atom stereocenters. The minimum absolute atomic E-state index is 0.0365. The maximum Gasteiger partial charge on any atom is 0.159 e. The van der Waals surface area contributed by atoms with Gasteiger partial charge in [0.25, 0.3) is 0 Å². The molecule has 1 N–H and O–H groups in total. The van der Waals surface area contributed by atoms with Crippen LogP contribution in [0.4, 0.5) is 4.39 Å². The monoisotopic (exact) mass is 500 g/mol. The van der Waals surface area contributed by atoms with Crippen molar-refractivity contribution in [3.8, 4) is 5.75 Å². The largest absolute Gasteiger partial charge is 0.493 e. The van der Waals surface area contributed by atoms with Crippen LogP contribution in [0.2, 0.25) is 0 Å². The van der Waals surface area contributed by atoms with Crippen LogP contribution in [0.3, 0.4) is 0 Å². The van der Waals surface area contributed by atoms with Gasteiger partial charge in [0.2, 0.25) is 0 Å². The third-order valence-corrected chi connectivity index (χ3v) is 8.43. The van der Waals surface area contributed by atoms with Crippen LogP contribution in [0.5, 0.6) is 5.75 Å². The van der Waals surface area contributed by atoms with Crippen LogP contribution in [0.1, 0.15) is 50.0 Å². The first-order valence-electron chi connectivity index (χ1n) is 13.5. The number of carbonyl (C=O) groups excluding carboxylic acids is 1. The van der Waals surface area contributed by atoms with Crippen molar-refractivity contribution in [2.45, 2.75) is 50.5 Å². The minimum Gasteiger partial charge on any atom is -0.493 e. The highest BCUT2D eigenvalue weighted by atomic mass is 19.1. The van der Waals surface area contributed by atoms with E-state index in [1.54, 1.807) is 12.1 Å². The van der Waals surface area contributed by atoms with Gasteiger partial charge in [-0.1, -0.05) is 0 Å². The standard InChI is InChI=1S/C30H33FN4O2/c31-23-7-9-24(10-8-23)37-19-20-2-1-15-35(17-20)28(18-36)22-5-3-21(4-6-22)25-11-13-32-27-16-34-30-26(29(25)27)12-14-33-30/h7-14,16,18,20-22,28,32H,1-6,15,17,19H2. The smallest absolute Gasteiger partial charge is 0.159 e. The lowest BCUT2D eigenvalue weighted by molar-refractivity contribution is -0.115. The summed E-state index contributed by atoms with van der Waals surface area (Å²) in [6.45, 7) is 2.43. The van der Waals surface area contributed by atoms with Crippen LogP contribution >= 0.6 is 0 Å². The van der Waals surface area contributed by atoms with Gasteiger partial charge in [-0.2, -0.15) is 0 Å². The van der Waals surface area contributed by atoms with Crippen LogP contribution in [0, 0.1) is 17.7 Å². The molecule has 192 valence electrons. The zero-order chi connectivity index (χ0) is 25.2. The van der Waals surface area contributed by atoms with Crippen molar-refractivity contribution in [2.24, 2.45) is 11.8 Å². The highest BCUT2D eigenvalue weighted by Gasteiger charge is 2.34. The number of nitrogens with zero attached hydrogens (tertiary/aromatic N) is 3. The van der Waals surface area contributed by atoms with Crippen molar-refractivity contribution in [1.82, 2.24) is 19.9 Å². The number of ether oxygens (including phenoxy) is 1. The number of fused-ring (bicyclic) bond motifs is 3. The Balaban J connectivity index is 1.10. The lowest BCUT2D eigenvalue weighted by Crippen LogP contribution is -2.48. The third-order valence-electron chi connectivity index (χ3n) is 8.43. The number of nitrogens with one attached hydrogen (secondary N) is 1. The quantitative estimate of drug-likeness (QED) is 0.321. The molecule has 7 heteroatoms. The molecule has 1 aliphatic heterocycles. The summed E-state index contributed by atoms with van der Waals surface area (Å²) in [5, 5.41) is 2.35. The van der Waals surface area contributed by atoms with Gasteiger partial charge in [0, 0.05) is 35.6 Å². The molecule has 2 aliphatic rings. The normalized spacial score (nSPS) is 23.8. The van der Waals surface area contributed by atoms with Gasteiger partial charge in [-0.3, -0.25) is 4.90 Å². The molecule has 0 amide bonds. The number of aromatic amines is 1. The van der Waals surface area contributed by atoms with Gasteiger partial charge in [-0.15, -0.1) is 0 Å². The maximum absolute atomic E-state index is 13.2. The Labute approximate surface area is 216 Å². The summed E-state index contributed by atoms with van der Waals surface area (Å²) in [5.41, 5.74) is 3.21. The summed E-state index contributed by atoms with van der Waals surface area (Å²) in [5.74, 6) is 1.67. The number of benzene rings is 1. The maximum atomic E-state index is 13.2. The van der Waals surface area contributed by atoms with Crippen LogP contribution in [0.25, 0.3) is 21.9 Å². The highest BCUT2D eigenvalue weighted by Crippen LogP contribution is 2.41. The molecule has 4 aromatic rings. The van der Waals surface area contributed by atoms with Crippen LogP contribution in [-0.2, 0) is 4.79 Å². The van der Waals surface area contributed by atoms with Gasteiger partial charge in [-0.25, -0.2) is 14.4 Å². The number of pyridine rings is 2. The predicted molar refractivity (Wildman–Crippen MR) is 142 cm³/mol.